The van der Waals surface area contributed by atoms with E-state index in [-0.39, 0.29) is 5.75 Å². The molecule has 0 aromatic heterocycles. The molecule has 2 N–H and O–H groups in total. The van der Waals surface area contributed by atoms with Crippen molar-refractivity contribution >= 4 is 10.0 Å². The van der Waals surface area contributed by atoms with Gasteiger partial charge in [-0.05, 0) is 32.4 Å². The van der Waals surface area contributed by atoms with Gasteiger partial charge in [-0.25, -0.2) is 13.1 Å². The second-order valence-electron chi connectivity index (χ2n) is 5.75. The third-order valence-corrected chi connectivity index (χ3v) is 5.09. The summed E-state index contributed by atoms with van der Waals surface area (Å²) in [5.74, 6) is 0.259. The van der Waals surface area contributed by atoms with Gasteiger partial charge in [-0.1, -0.05) is 58.8 Å². The van der Waals surface area contributed by atoms with Gasteiger partial charge in [0.05, 0.1) is 5.75 Å². The van der Waals surface area contributed by atoms with Gasteiger partial charge in [-0.15, -0.1) is 0 Å². The Kier molecular flexibility index (Phi) is 14.7. The molecule has 4 nitrogen and oxygen atoms in total. The van der Waals surface area contributed by atoms with Crippen molar-refractivity contribution in [3.8, 4) is 0 Å². The predicted octanol–water partition coefficient (Wildman–Crippen LogP) is 3.44. The lowest BCUT2D eigenvalue weighted by molar-refractivity contribution is 0.556. The highest BCUT2D eigenvalue weighted by atomic mass is 32.2. The summed E-state index contributed by atoms with van der Waals surface area (Å²) in [6.45, 7) is 6.74. The monoisotopic (exact) mass is 320 g/mol. The molecule has 0 aromatic rings. The topological polar surface area (TPSA) is 58.2 Å². The highest BCUT2D eigenvalue weighted by Gasteiger charge is 2.08. The average molecular weight is 321 g/mol. The van der Waals surface area contributed by atoms with Gasteiger partial charge in [-0.3, -0.25) is 0 Å². The molecule has 0 amide bonds. The zero-order valence-corrected chi connectivity index (χ0v) is 14.9. The maximum Gasteiger partial charge on any atom is 0.211 e. The first-order valence-corrected chi connectivity index (χ1v) is 10.5. The minimum Gasteiger partial charge on any atom is -0.317 e. The van der Waals surface area contributed by atoms with Crippen LogP contribution >= 0.6 is 0 Å². The molecule has 0 saturated carbocycles. The van der Waals surface area contributed by atoms with E-state index in [4.69, 9.17) is 0 Å². The minimum absolute atomic E-state index is 0.259. The zero-order valence-electron chi connectivity index (χ0n) is 14.1. The van der Waals surface area contributed by atoms with Gasteiger partial charge in [-0.2, -0.15) is 0 Å². The lowest BCUT2D eigenvalue weighted by Crippen LogP contribution is -2.27. The third kappa shape index (κ3) is 16.1. The van der Waals surface area contributed by atoms with Crippen LogP contribution in [0.3, 0.4) is 0 Å². The molecule has 0 atom stereocenters. The molecule has 0 aromatic carbocycles. The van der Waals surface area contributed by atoms with Crippen LogP contribution in [0.2, 0.25) is 0 Å². The fraction of sp³-hybridized carbons (Fsp3) is 1.00. The Hall–Kier alpha value is -0.130. The predicted molar refractivity (Wildman–Crippen MR) is 92.2 cm³/mol. The molecule has 0 aliphatic carbocycles. The third-order valence-electron chi connectivity index (χ3n) is 3.62. The summed E-state index contributed by atoms with van der Waals surface area (Å²) in [5.41, 5.74) is 0. The number of sulfonamides is 1. The summed E-state index contributed by atoms with van der Waals surface area (Å²) in [7, 11) is -3.05. The van der Waals surface area contributed by atoms with Crippen molar-refractivity contribution in [1.82, 2.24) is 10.0 Å². The highest BCUT2D eigenvalue weighted by molar-refractivity contribution is 7.89. The summed E-state index contributed by atoms with van der Waals surface area (Å²) in [4.78, 5) is 0. The smallest absolute Gasteiger partial charge is 0.211 e. The van der Waals surface area contributed by atoms with E-state index in [1.807, 2.05) is 0 Å². The highest BCUT2D eigenvalue weighted by Crippen LogP contribution is 2.08. The molecule has 0 aliphatic rings. The summed E-state index contributed by atoms with van der Waals surface area (Å²) in [5, 5.41) is 3.20. The average Bonchev–Trinajstić information content (AvgIpc) is 2.45. The lowest BCUT2D eigenvalue weighted by Gasteiger charge is -2.07. The SMILES string of the molecule is CCCCCCCCCCNS(=O)(=O)CCCCNCC. The summed E-state index contributed by atoms with van der Waals surface area (Å²) >= 11 is 0. The molecular weight excluding hydrogens is 284 g/mol. The minimum atomic E-state index is -3.05. The second-order valence-corrected chi connectivity index (χ2v) is 7.68. The molecule has 128 valence electrons. The van der Waals surface area contributed by atoms with Crippen molar-refractivity contribution in [1.29, 1.82) is 0 Å². The molecule has 0 heterocycles. The lowest BCUT2D eigenvalue weighted by atomic mass is 10.1. The largest absolute Gasteiger partial charge is 0.317 e. The summed E-state index contributed by atoms with van der Waals surface area (Å²) in [6, 6.07) is 0. The molecule has 0 aliphatic heterocycles. The zero-order chi connectivity index (χ0) is 15.8. The van der Waals surface area contributed by atoms with Crippen LogP contribution < -0.4 is 10.0 Å². The Balaban J connectivity index is 3.36. The first-order chi connectivity index (χ1) is 10.1. The van der Waals surface area contributed by atoms with Crippen molar-refractivity contribution in [3.05, 3.63) is 0 Å². The first kappa shape index (κ1) is 20.9. The molecule has 0 radical (unpaired) electrons. The van der Waals surface area contributed by atoms with Gasteiger partial charge in [0.15, 0.2) is 0 Å². The van der Waals surface area contributed by atoms with Crippen LogP contribution in [-0.4, -0.2) is 33.8 Å². The van der Waals surface area contributed by atoms with Gasteiger partial charge in [0, 0.05) is 6.54 Å². The van der Waals surface area contributed by atoms with Gasteiger partial charge >= 0.3 is 0 Å². The molecule has 0 saturated heterocycles. The van der Waals surface area contributed by atoms with Gasteiger partial charge in [0.25, 0.3) is 0 Å². The van der Waals surface area contributed by atoms with Crippen LogP contribution in [0.4, 0.5) is 0 Å². The molecule has 21 heavy (non-hydrogen) atoms. The van der Waals surface area contributed by atoms with Crippen LogP contribution in [0.25, 0.3) is 0 Å². The molecule has 0 rings (SSSR count). The molecule has 0 unspecified atom stereocenters. The van der Waals surface area contributed by atoms with E-state index in [1.165, 1.54) is 38.5 Å². The molecule has 0 bridgehead atoms. The van der Waals surface area contributed by atoms with Crippen molar-refractivity contribution in [2.24, 2.45) is 0 Å². The van der Waals surface area contributed by atoms with Crippen LogP contribution in [0.5, 0.6) is 0 Å². The fourth-order valence-corrected chi connectivity index (χ4v) is 3.46. The van der Waals surface area contributed by atoms with Crippen LogP contribution in [0, 0.1) is 0 Å². The van der Waals surface area contributed by atoms with Gasteiger partial charge < -0.3 is 5.32 Å². The first-order valence-electron chi connectivity index (χ1n) is 8.80. The Labute approximate surface area is 132 Å². The number of nitrogens with one attached hydrogen (secondary N) is 2. The van der Waals surface area contributed by atoms with E-state index in [0.29, 0.717) is 6.54 Å². The van der Waals surface area contributed by atoms with E-state index >= 15 is 0 Å². The van der Waals surface area contributed by atoms with Crippen LogP contribution in [0.15, 0.2) is 0 Å². The van der Waals surface area contributed by atoms with Crippen molar-refractivity contribution in [3.63, 3.8) is 0 Å². The number of hydrogen-bond donors (Lipinski definition) is 2. The Morgan fingerprint density at radius 3 is 1.90 bits per heavy atom. The van der Waals surface area contributed by atoms with Crippen LogP contribution in [-0.2, 0) is 10.0 Å². The Bertz CT molecular complexity index is 305. The Morgan fingerprint density at radius 2 is 1.29 bits per heavy atom. The summed E-state index contributed by atoms with van der Waals surface area (Å²) < 4.78 is 26.2. The Morgan fingerprint density at radius 1 is 0.714 bits per heavy atom. The van der Waals surface area contributed by atoms with Crippen LogP contribution in [0.1, 0.15) is 78.1 Å². The number of unbranched alkanes of at least 4 members (excludes halogenated alkanes) is 8. The molecule has 0 spiro atoms. The van der Waals surface area contributed by atoms with E-state index in [2.05, 4.69) is 23.9 Å². The maximum atomic E-state index is 11.7. The number of rotatable bonds is 16. The molecule has 0 fully saturated rings. The molecular formula is C16H36N2O2S. The van der Waals surface area contributed by atoms with Gasteiger partial charge in [0.2, 0.25) is 10.0 Å². The standard InChI is InChI=1S/C16H36N2O2S/c1-3-5-6-7-8-9-10-11-15-18-21(19,20)16-13-12-14-17-4-2/h17-18H,3-16H2,1-2H3. The fourth-order valence-electron chi connectivity index (χ4n) is 2.28. The van der Waals surface area contributed by atoms with E-state index in [9.17, 15) is 8.42 Å². The van der Waals surface area contributed by atoms with E-state index < -0.39 is 10.0 Å². The molecule has 5 heteroatoms. The summed E-state index contributed by atoms with van der Waals surface area (Å²) in [6.07, 6.45) is 11.6. The maximum absolute atomic E-state index is 11.7. The normalized spacial score (nSPS) is 11.9. The van der Waals surface area contributed by atoms with Crippen molar-refractivity contribution in [2.75, 3.05) is 25.4 Å². The van der Waals surface area contributed by atoms with E-state index in [0.717, 1.165) is 38.8 Å². The quantitative estimate of drug-likeness (QED) is 0.428. The van der Waals surface area contributed by atoms with Crippen molar-refractivity contribution in [2.45, 2.75) is 78.1 Å². The van der Waals surface area contributed by atoms with Gasteiger partial charge in [0.1, 0.15) is 0 Å². The van der Waals surface area contributed by atoms with E-state index in [1.54, 1.807) is 0 Å². The van der Waals surface area contributed by atoms with Crippen molar-refractivity contribution < 1.29 is 8.42 Å². The second kappa shape index (κ2) is 14.8. The number of hydrogen-bond acceptors (Lipinski definition) is 3.